The zero-order valence-electron chi connectivity index (χ0n) is 25.1. The van der Waals surface area contributed by atoms with Gasteiger partial charge in [0.25, 0.3) is 11.5 Å². The van der Waals surface area contributed by atoms with Gasteiger partial charge in [-0.25, -0.2) is 27.5 Å². The lowest BCUT2D eigenvalue weighted by molar-refractivity contribution is 0.0977. The third-order valence-corrected chi connectivity index (χ3v) is 8.59. The highest BCUT2D eigenvalue weighted by Crippen LogP contribution is 2.33. The maximum Gasteiger partial charge on any atom is 0.285 e. The van der Waals surface area contributed by atoms with Gasteiger partial charge in [0, 0.05) is 38.2 Å². The van der Waals surface area contributed by atoms with Crippen LogP contribution in [0.1, 0.15) is 66.0 Å². The van der Waals surface area contributed by atoms with Gasteiger partial charge in [-0.15, -0.1) is 0 Å². The second-order valence-electron chi connectivity index (χ2n) is 11.1. The van der Waals surface area contributed by atoms with E-state index < -0.39 is 22.0 Å². The van der Waals surface area contributed by atoms with Gasteiger partial charge in [-0.3, -0.25) is 18.8 Å². The summed E-state index contributed by atoms with van der Waals surface area (Å²) in [6.45, 7) is 7.40. The van der Waals surface area contributed by atoms with Crippen molar-refractivity contribution in [2.24, 2.45) is 7.05 Å². The number of halogens is 2. The highest BCUT2D eigenvalue weighted by Gasteiger charge is 2.29. The molecule has 0 spiro atoms. The molecule has 0 saturated carbocycles. The Bertz CT molecular complexity index is 1920. The quantitative estimate of drug-likeness (QED) is 0.273. The first-order chi connectivity index (χ1) is 20.8. The Morgan fingerprint density at radius 2 is 1.91 bits per heavy atom. The minimum Gasteiger partial charge on any atom is -0.377 e. The molecular weight excluding hydrogens is 611 g/mol. The van der Waals surface area contributed by atoms with E-state index in [1.807, 2.05) is 36.5 Å². The van der Waals surface area contributed by atoms with E-state index in [4.69, 9.17) is 16.6 Å². The Morgan fingerprint density at radius 3 is 2.57 bits per heavy atom. The molecule has 0 bridgehead atoms. The Morgan fingerprint density at radius 1 is 1.20 bits per heavy atom. The standard InChI is InChI=1S/C29H34ClFN8O4S/c1-6-39-26(21(31)15-32-39)18-9-11-38(12-10-18)29-35-24-19(13-16(2)14-20(24)28(41)37(29)4)17(3)33-22-7-8-23(30)34-25(22)27(40)36-44(5,42)43/h7-8,13-15,17-18,33H,6,9-12H2,1-5H3,(H,36,40)/t17-/m1/s1. The number of anilines is 2. The molecule has 44 heavy (non-hydrogen) atoms. The van der Waals surface area contributed by atoms with Crippen molar-refractivity contribution in [2.75, 3.05) is 29.6 Å². The predicted octanol–water partition coefficient (Wildman–Crippen LogP) is 3.89. The van der Waals surface area contributed by atoms with Crippen LogP contribution in [0, 0.1) is 12.7 Å². The number of hydrogen-bond acceptors (Lipinski definition) is 9. The first kappa shape index (κ1) is 31.4. The van der Waals surface area contributed by atoms with Gasteiger partial charge in [0.2, 0.25) is 16.0 Å². The van der Waals surface area contributed by atoms with Crippen LogP contribution in [-0.2, 0) is 23.6 Å². The molecule has 2 N–H and O–H groups in total. The van der Waals surface area contributed by atoms with Crippen LogP contribution in [0.3, 0.4) is 0 Å². The molecule has 1 fully saturated rings. The van der Waals surface area contributed by atoms with Crippen molar-refractivity contribution in [3.63, 3.8) is 0 Å². The molecule has 1 aliphatic rings. The van der Waals surface area contributed by atoms with Crippen LogP contribution >= 0.6 is 11.6 Å². The zero-order chi connectivity index (χ0) is 31.9. The van der Waals surface area contributed by atoms with E-state index in [9.17, 15) is 22.4 Å². The molecule has 5 rings (SSSR count). The number of nitrogens with zero attached hydrogens (tertiary/aromatic N) is 6. The van der Waals surface area contributed by atoms with E-state index in [-0.39, 0.29) is 33.8 Å². The minimum absolute atomic E-state index is 0.00990. The Balaban J connectivity index is 1.49. The average molecular weight is 645 g/mol. The van der Waals surface area contributed by atoms with Crippen molar-refractivity contribution in [3.05, 3.63) is 74.3 Å². The molecule has 1 saturated heterocycles. The summed E-state index contributed by atoms with van der Waals surface area (Å²) in [5.74, 6) is -0.714. The van der Waals surface area contributed by atoms with Crippen molar-refractivity contribution in [1.82, 2.24) is 29.0 Å². The zero-order valence-corrected chi connectivity index (χ0v) is 26.6. The molecule has 4 aromatic rings. The lowest BCUT2D eigenvalue weighted by Gasteiger charge is -2.34. The number of aromatic nitrogens is 5. The number of pyridine rings is 1. The van der Waals surface area contributed by atoms with Crippen molar-refractivity contribution in [1.29, 1.82) is 0 Å². The Labute approximate surface area is 259 Å². The van der Waals surface area contributed by atoms with E-state index >= 15 is 0 Å². The van der Waals surface area contributed by atoms with Crippen LogP contribution in [0.25, 0.3) is 10.9 Å². The number of hydrogen-bond donors (Lipinski definition) is 2. The van der Waals surface area contributed by atoms with Crippen LogP contribution in [0.5, 0.6) is 0 Å². The molecule has 3 aromatic heterocycles. The Kier molecular flexibility index (Phi) is 8.67. The highest BCUT2D eigenvalue weighted by molar-refractivity contribution is 7.89. The number of benzene rings is 1. The number of amides is 1. The molecular formula is C29H34ClFN8O4S. The average Bonchev–Trinajstić information content (AvgIpc) is 3.35. The van der Waals surface area contributed by atoms with Gasteiger partial charge >= 0.3 is 0 Å². The summed E-state index contributed by atoms with van der Waals surface area (Å²) in [6, 6.07) is 6.24. The summed E-state index contributed by atoms with van der Waals surface area (Å²) in [6.07, 6.45) is 3.49. The third kappa shape index (κ3) is 6.27. The smallest absolute Gasteiger partial charge is 0.285 e. The minimum atomic E-state index is -3.85. The third-order valence-electron chi connectivity index (χ3n) is 7.82. The number of rotatable bonds is 8. The van der Waals surface area contributed by atoms with Crippen LogP contribution in [0.4, 0.5) is 16.0 Å². The number of fused-ring (bicyclic) bond motifs is 1. The lowest BCUT2D eigenvalue weighted by atomic mass is 9.93. The van der Waals surface area contributed by atoms with Crippen molar-refractivity contribution >= 4 is 50.1 Å². The van der Waals surface area contributed by atoms with Crippen molar-refractivity contribution in [3.8, 4) is 0 Å². The molecule has 1 amide bonds. The summed E-state index contributed by atoms with van der Waals surface area (Å²) >= 11 is 6.03. The van der Waals surface area contributed by atoms with E-state index in [1.54, 1.807) is 17.8 Å². The highest BCUT2D eigenvalue weighted by atomic mass is 35.5. The molecule has 4 heterocycles. The number of piperidine rings is 1. The largest absolute Gasteiger partial charge is 0.377 e. The second kappa shape index (κ2) is 12.2. The normalized spacial score (nSPS) is 15.0. The van der Waals surface area contributed by atoms with Gasteiger partial charge in [0.15, 0.2) is 11.5 Å². The maximum absolute atomic E-state index is 14.5. The van der Waals surface area contributed by atoms with Crippen molar-refractivity contribution < 1.29 is 17.6 Å². The van der Waals surface area contributed by atoms with Gasteiger partial charge in [-0.2, -0.15) is 5.10 Å². The van der Waals surface area contributed by atoms with Crippen LogP contribution in [-0.4, -0.2) is 58.0 Å². The monoisotopic (exact) mass is 644 g/mol. The molecule has 15 heteroatoms. The summed E-state index contributed by atoms with van der Waals surface area (Å²) in [4.78, 5) is 37.5. The first-order valence-corrected chi connectivity index (χ1v) is 16.5. The maximum atomic E-state index is 14.5. The SMILES string of the molecule is CCn1ncc(F)c1C1CCN(c2nc3c([C@@H](C)Nc4ccc(Cl)nc4C(=O)NS(C)(=O)=O)cc(C)cc3c(=O)n2C)CC1. The first-order valence-electron chi connectivity index (χ1n) is 14.2. The predicted molar refractivity (Wildman–Crippen MR) is 167 cm³/mol. The molecule has 0 aliphatic carbocycles. The molecule has 234 valence electrons. The molecule has 0 radical (unpaired) electrons. The summed E-state index contributed by atoms with van der Waals surface area (Å²) < 4.78 is 43.1. The van der Waals surface area contributed by atoms with Gasteiger partial charge < -0.3 is 10.2 Å². The van der Waals surface area contributed by atoms with E-state index in [0.29, 0.717) is 60.6 Å². The number of aryl methyl sites for hydroxylation is 2. The second-order valence-corrected chi connectivity index (χ2v) is 13.2. The number of carbonyl (C=O) groups is 1. The lowest BCUT2D eigenvalue weighted by Crippen LogP contribution is -2.38. The van der Waals surface area contributed by atoms with E-state index in [2.05, 4.69) is 15.4 Å². The van der Waals surface area contributed by atoms with Crippen molar-refractivity contribution in [2.45, 2.75) is 52.1 Å². The van der Waals surface area contributed by atoms with Gasteiger partial charge in [-0.1, -0.05) is 17.7 Å². The molecule has 12 nitrogen and oxygen atoms in total. The van der Waals surface area contributed by atoms with E-state index in [1.165, 1.54) is 22.9 Å². The summed E-state index contributed by atoms with van der Waals surface area (Å²) in [7, 11) is -2.16. The van der Waals surface area contributed by atoms with Gasteiger partial charge in [0.05, 0.1) is 40.8 Å². The molecule has 0 unspecified atom stereocenters. The topological polar surface area (TPSA) is 144 Å². The van der Waals surface area contributed by atoms with Crippen LogP contribution in [0.15, 0.2) is 35.3 Å². The van der Waals surface area contributed by atoms with Crippen LogP contribution in [0.2, 0.25) is 5.15 Å². The summed E-state index contributed by atoms with van der Waals surface area (Å²) in [5.41, 5.74) is 2.50. The van der Waals surface area contributed by atoms with Gasteiger partial charge in [-0.05, 0) is 57.4 Å². The van der Waals surface area contributed by atoms with Gasteiger partial charge in [0.1, 0.15) is 5.15 Å². The molecule has 1 atom stereocenters. The number of sulfonamides is 1. The summed E-state index contributed by atoms with van der Waals surface area (Å²) in [5, 5.41) is 7.83. The Hall–Kier alpha value is -4.04. The molecule has 1 aromatic carbocycles. The molecule has 1 aliphatic heterocycles. The fourth-order valence-electron chi connectivity index (χ4n) is 5.79. The fraction of sp³-hybridized carbons (Fsp3) is 0.414. The fourth-order valence-corrected chi connectivity index (χ4v) is 6.37. The van der Waals surface area contributed by atoms with E-state index in [0.717, 1.165) is 11.8 Å². The number of nitrogens with one attached hydrogen (secondary N) is 2. The number of carbonyl (C=O) groups excluding carboxylic acids is 1. The van der Waals surface area contributed by atoms with Crippen LogP contribution < -0.4 is 20.5 Å².